The quantitative estimate of drug-likeness (QED) is 0.291. The van der Waals surface area contributed by atoms with Gasteiger partial charge < -0.3 is 16.2 Å². The van der Waals surface area contributed by atoms with Gasteiger partial charge in [-0.25, -0.2) is 0 Å². The van der Waals surface area contributed by atoms with Gasteiger partial charge in [0.1, 0.15) is 0 Å². The van der Waals surface area contributed by atoms with Crippen LogP contribution in [0.1, 0.15) is 0 Å². The maximum atomic E-state index is 8.08. The van der Waals surface area contributed by atoms with Gasteiger partial charge >= 0.3 is 0 Å². The monoisotopic (exact) mass is 90.1 g/mol. The summed E-state index contributed by atoms with van der Waals surface area (Å²) in [7, 11) is 0. The summed E-state index contributed by atoms with van der Waals surface area (Å²) in [5.41, 5.74) is 4.99. The van der Waals surface area contributed by atoms with Crippen molar-refractivity contribution in [3.05, 3.63) is 0 Å². The van der Waals surface area contributed by atoms with Gasteiger partial charge in [0.2, 0.25) is 0 Å². The van der Waals surface area contributed by atoms with Crippen molar-refractivity contribution in [1.82, 2.24) is 5.32 Å². The van der Waals surface area contributed by atoms with E-state index in [9.17, 15) is 0 Å². The van der Waals surface area contributed by atoms with E-state index in [4.69, 9.17) is 10.8 Å². The third-order valence-electron chi connectivity index (χ3n) is 0.433. The molecule has 0 amide bonds. The number of hydrogen-bond acceptors (Lipinski definition) is 3. The lowest BCUT2D eigenvalue weighted by atomic mass is 10.7. The molecule has 0 radical (unpaired) electrons. The molecule has 0 aromatic heterocycles. The summed E-state index contributed by atoms with van der Waals surface area (Å²) in [5, 5.41) is 10.8. The van der Waals surface area contributed by atoms with Gasteiger partial charge in [-0.3, -0.25) is 0 Å². The van der Waals surface area contributed by atoms with Gasteiger partial charge in [-0.15, -0.1) is 0 Å². The number of nitrogens with two attached hydrogens (primary N) is 1. The molecule has 0 saturated carbocycles. The second kappa shape index (κ2) is 4.88. The maximum Gasteiger partial charge on any atom is 0.0556 e. The molecule has 0 unspecified atom stereocenters. The largest absolute Gasteiger partial charge is 0.395 e. The van der Waals surface area contributed by atoms with Crippen molar-refractivity contribution in [2.75, 3.05) is 19.8 Å². The second-order valence-corrected chi connectivity index (χ2v) is 0.928. The minimum Gasteiger partial charge on any atom is -0.395 e. The van der Waals surface area contributed by atoms with Crippen molar-refractivity contribution < 1.29 is 5.11 Å². The first-order chi connectivity index (χ1) is 2.91. The Bertz CT molecular complexity index is 20.8. The molecule has 38 valence electrons. The van der Waals surface area contributed by atoms with E-state index < -0.39 is 0 Å². The second-order valence-electron chi connectivity index (χ2n) is 0.928. The highest BCUT2D eigenvalue weighted by molar-refractivity contribution is 4.33. The van der Waals surface area contributed by atoms with Crippen LogP contribution in [0.4, 0.5) is 0 Å². The van der Waals surface area contributed by atoms with Gasteiger partial charge in [0.25, 0.3) is 0 Å². The Balaban J connectivity index is 2.34. The van der Waals surface area contributed by atoms with Gasteiger partial charge in [-0.2, -0.15) is 0 Å². The highest BCUT2D eigenvalue weighted by Crippen LogP contribution is 1.46. The van der Waals surface area contributed by atoms with Crippen molar-refractivity contribution >= 4 is 0 Å². The summed E-state index contributed by atoms with van der Waals surface area (Å²) in [5.74, 6) is 0. The van der Waals surface area contributed by atoms with E-state index in [1.165, 1.54) is 0 Å². The molecule has 6 heavy (non-hydrogen) atoms. The van der Waals surface area contributed by atoms with Gasteiger partial charge in [0, 0.05) is 13.2 Å². The van der Waals surface area contributed by atoms with Crippen LogP contribution < -0.4 is 11.1 Å². The summed E-state index contributed by atoms with van der Waals surface area (Å²) in [6.45, 7) is 1.20. The highest BCUT2D eigenvalue weighted by atomic mass is 16.3. The standard InChI is InChI=1S/C3H10N2O/c4-3-5-1-2-6/h5-6H,1-4H2. The molecular formula is C3H10N2O. The van der Waals surface area contributed by atoms with Crippen LogP contribution >= 0.6 is 0 Å². The Labute approximate surface area is 37.2 Å². The van der Waals surface area contributed by atoms with E-state index in [2.05, 4.69) is 5.32 Å². The molecule has 0 aromatic carbocycles. The summed E-state index contributed by atoms with van der Waals surface area (Å²) in [4.78, 5) is 0. The number of nitrogens with one attached hydrogen (secondary N) is 1. The first-order valence-electron chi connectivity index (χ1n) is 1.93. The Hall–Kier alpha value is -0.120. The van der Waals surface area contributed by atoms with E-state index in [0.29, 0.717) is 13.2 Å². The lowest BCUT2D eigenvalue weighted by molar-refractivity contribution is 0.293. The molecule has 4 N–H and O–H groups in total. The van der Waals surface area contributed by atoms with Crippen LogP contribution in [0.15, 0.2) is 0 Å². The molecule has 3 heteroatoms. The molecule has 0 aliphatic heterocycles. The smallest absolute Gasteiger partial charge is 0.0556 e. The third kappa shape index (κ3) is 3.88. The van der Waals surface area contributed by atoms with Crippen molar-refractivity contribution in [2.45, 2.75) is 0 Å². The predicted molar refractivity (Wildman–Crippen MR) is 24.1 cm³/mol. The number of hydrogen-bond donors (Lipinski definition) is 3. The maximum absolute atomic E-state index is 8.08. The van der Waals surface area contributed by atoms with Gasteiger partial charge in [0.05, 0.1) is 6.61 Å². The molecule has 0 atom stereocenters. The molecule has 0 fully saturated rings. The summed E-state index contributed by atoms with van der Waals surface area (Å²) in [6.07, 6.45) is 0. The predicted octanol–water partition coefficient (Wildman–Crippen LogP) is -1.52. The fourth-order valence-electron chi connectivity index (χ4n) is 0.181. The fraction of sp³-hybridized carbons (Fsp3) is 1.00. The molecule has 0 heterocycles. The van der Waals surface area contributed by atoms with Gasteiger partial charge in [-0.1, -0.05) is 0 Å². The highest BCUT2D eigenvalue weighted by Gasteiger charge is 1.72. The Morgan fingerprint density at radius 1 is 1.67 bits per heavy atom. The Morgan fingerprint density at radius 2 is 2.33 bits per heavy atom. The molecule has 0 aromatic rings. The first-order valence-corrected chi connectivity index (χ1v) is 1.93. The zero-order chi connectivity index (χ0) is 4.83. The number of aliphatic hydroxyl groups is 1. The molecule has 3 nitrogen and oxygen atoms in total. The third-order valence-corrected chi connectivity index (χ3v) is 0.433. The van der Waals surface area contributed by atoms with Crippen molar-refractivity contribution in [3.8, 4) is 0 Å². The summed E-state index contributed by atoms with van der Waals surface area (Å²) < 4.78 is 0. The minimum absolute atomic E-state index is 0.164. The molecule has 0 rings (SSSR count). The molecule has 0 aliphatic rings. The number of rotatable bonds is 3. The van der Waals surface area contributed by atoms with Crippen LogP contribution in [0.25, 0.3) is 0 Å². The van der Waals surface area contributed by atoms with Crippen molar-refractivity contribution in [3.63, 3.8) is 0 Å². The van der Waals surface area contributed by atoms with Crippen LogP contribution in [-0.2, 0) is 0 Å². The zero-order valence-electron chi connectivity index (χ0n) is 3.65. The first kappa shape index (κ1) is 5.88. The van der Waals surface area contributed by atoms with Crippen LogP contribution in [0.5, 0.6) is 0 Å². The topological polar surface area (TPSA) is 58.3 Å². The van der Waals surface area contributed by atoms with E-state index in [1.54, 1.807) is 0 Å². The average Bonchev–Trinajstić information content (AvgIpc) is 1.61. The Morgan fingerprint density at radius 3 is 2.50 bits per heavy atom. The minimum atomic E-state index is 0.164. The molecule has 0 aliphatic carbocycles. The van der Waals surface area contributed by atoms with E-state index >= 15 is 0 Å². The average molecular weight is 90.1 g/mol. The normalized spacial score (nSPS) is 9.00. The van der Waals surface area contributed by atoms with Crippen LogP contribution in [-0.4, -0.2) is 24.9 Å². The van der Waals surface area contributed by atoms with Crippen molar-refractivity contribution in [2.24, 2.45) is 5.73 Å². The van der Waals surface area contributed by atoms with E-state index in [0.717, 1.165) is 0 Å². The summed E-state index contributed by atoms with van der Waals surface area (Å²) in [6, 6.07) is 0. The number of aliphatic hydroxyl groups excluding tert-OH is 1. The van der Waals surface area contributed by atoms with Gasteiger partial charge in [0.15, 0.2) is 0 Å². The fourth-order valence-corrected chi connectivity index (χ4v) is 0.181. The van der Waals surface area contributed by atoms with E-state index in [1.807, 2.05) is 0 Å². The van der Waals surface area contributed by atoms with Crippen molar-refractivity contribution in [1.29, 1.82) is 0 Å². The molecule has 0 saturated heterocycles. The molecule has 0 bridgehead atoms. The van der Waals surface area contributed by atoms with E-state index in [-0.39, 0.29) is 6.61 Å². The Kier molecular flexibility index (Phi) is 4.78. The molecule has 0 spiro atoms. The lowest BCUT2D eigenvalue weighted by Gasteiger charge is -1.91. The SMILES string of the molecule is NCNCCO. The summed E-state index contributed by atoms with van der Waals surface area (Å²) >= 11 is 0. The zero-order valence-corrected chi connectivity index (χ0v) is 3.65. The van der Waals surface area contributed by atoms with Crippen LogP contribution in [0, 0.1) is 0 Å². The lowest BCUT2D eigenvalue weighted by Crippen LogP contribution is -2.24. The van der Waals surface area contributed by atoms with Crippen LogP contribution in [0.3, 0.4) is 0 Å². The van der Waals surface area contributed by atoms with Crippen LogP contribution in [0.2, 0.25) is 0 Å². The van der Waals surface area contributed by atoms with Gasteiger partial charge in [-0.05, 0) is 0 Å². The molecular weight excluding hydrogens is 80.0 g/mol.